The van der Waals surface area contributed by atoms with E-state index in [1.54, 1.807) is 0 Å². The molecule has 0 aromatic carbocycles. The zero-order chi connectivity index (χ0) is 21.2. The molecule has 0 unspecified atom stereocenters. The Morgan fingerprint density at radius 3 is 2.66 bits per heavy atom. The minimum absolute atomic E-state index is 0.0509. The number of ketones is 2. The normalized spacial score (nSPS) is 21.8. The van der Waals surface area contributed by atoms with E-state index in [9.17, 15) is 27.6 Å². The van der Waals surface area contributed by atoms with Gasteiger partial charge in [0.05, 0.1) is 0 Å². The van der Waals surface area contributed by atoms with Crippen LogP contribution in [0.15, 0.2) is 10.6 Å². The molecule has 160 valence electrons. The number of carbonyl (C=O) groups is 3. The maximum absolute atomic E-state index is 12.6. The van der Waals surface area contributed by atoms with Crippen LogP contribution in [0.1, 0.15) is 68.1 Å². The van der Waals surface area contributed by atoms with E-state index in [-0.39, 0.29) is 23.5 Å². The summed E-state index contributed by atoms with van der Waals surface area (Å²) in [5.74, 6) is -3.13. The number of nitrogens with one attached hydrogen (secondary N) is 2. The second-order valence-corrected chi connectivity index (χ2v) is 8.34. The van der Waals surface area contributed by atoms with E-state index in [1.165, 1.54) is 0 Å². The van der Waals surface area contributed by atoms with Crippen molar-refractivity contribution in [1.82, 2.24) is 16.0 Å². The van der Waals surface area contributed by atoms with E-state index in [1.807, 2.05) is 6.92 Å². The molecule has 0 aliphatic heterocycles. The summed E-state index contributed by atoms with van der Waals surface area (Å²) in [4.78, 5) is 36.7. The highest BCUT2D eigenvalue weighted by Gasteiger charge is 2.42. The molecule has 7 nitrogen and oxygen atoms in total. The molecule has 0 radical (unpaired) electrons. The van der Waals surface area contributed by atoms with Gasteiger partial charge < -0.3 is 4.52 Å². The van der Waals surface area contributed by atoms with Gasteiger partial charge in [-0.1, -0.05) is 12.1 Å². The first-order valence-electron chi connectivity index (χ1n) is 9.70. The zero-order valence-corrected chi connectivity index (χ0v) is 16.1. The summed E-state index contributed by atoms with van der Waals surface area (Å²) in [6.45, 7) is 2.32. The van der Waals surface area contributed by atoms with E-state index < -0.39 is 35.2 Å². The van der Waals surface area contributed by atoms with Crippen LogP contribution in [0.4, 0.5) is 13.2 Å². The number of hydrogen-bond acceptors (Lipinski definition) is 6. The smallest absolute Gasteiger partial charge is 0.351 e. The number of amides is 1. The molecule has 1 heterocycles. The first-order chi connectivity index (χ1) is 13.6. The van der Waals surface area contributed by atoms with Crippen molar-refractivity contribution < 1.29 is 32.1 Å². The number of rotatable bonds is 9. The van der Waals surface area contributed by atoms with Crippen LogP contribution in [0.25, 0.3) is 0 Å². The molecule has 3 rings (SSSR count). The molecule has 2 aliphatic rings. The van der Waals surface area contributed by atoms with Gasteiger partial charge in [-0.25, -0.2) is 5.43 Å². The fourth-order valence-corrected chi connectivity index (χ4v) is 3.61. The number of aromatic nitrogens is 1. The van der Waals surface area contributed by atoms with Crippen molar-refractivity contribution in [3.05, 3.63) is 17.5 Å². The van der Waals surface area contributed by atoms with Gasteiger partial charge in [0.2, 0.25) is 11.7 Å². The van der Waals surface area contributed by atoms with Gasteiger partial charge in [0.25, 0.3) is 0 Å². The van der Waals surface area contributed by atoms with Crippen molar-refractivity contribution in [1.29, 1.82) is 0 Å². The van der Waals surface area contributed by atoms with Crippen LogP contribution in [0.5, 0.6) is 0 Å². The quantitative estimate of drug-likeness (QED) is 0.475. The van der Waals surface area contributed by atoms with Crippen molar-refractivity contribution in [3.8, 4) is 0 Å². The fraction of sp³-hybridized carbons (Fsp3) is 0.684. The second kappa shape index (κ2) is 8.25. The molecular formula is C19H24F3N3O4. The first-order valence-corrected chi connectivity index (χ1v) is 9.70. The SMILES string of the molecule is CC1(C[C@H](CC(=O)c2cc(C(F)(F)F)on2)C(=O)NNC[C@@H]2CCCC2=O)CC1. The first kappa shape index (κ1) is 21.5. The van der Waals surface area contributed by atoms with Crippen LogP contribution in [0.3, 0.4) is 0 Å². The number of Topliss-reactive ketones (excluding diaryl/α,β-unsaturated/α-hetero) is 2. The summed E-state index contributed by atoms with van der Waals surface area (Å²) in [7, 11) is 0. The van der Waals surface area contributed by atoms with Crippen LogP contribution in [0, 0.1) is 17.3 Å². The molecule has 2 atom stereocenters. The van der Waals surface area contributed by atoms with Crippen LogP contribution in [-0.4, -0.2) is 29.2 Å². The lowest BCUT2D eigenvalue weighted by atomic mass is 9.88. The summed E-state index contributed by atoms with van der Waals surface area (Å²) >= 11 is 0. The van der Waals surface area contributed by atoms with Crippen molar-refractivity contribution in [3.63, 3.8) is 0 Å². The number of halogens is 3. The van der Waals surface area contributed by atoms with Crippen molar-refractivity contribution in [2.75, 3.05) is 6.54 Å². The van der Waals surface area contributed by atoms with Crippen LogP contribution < -0.4 is 10.9 Å². The average molecular weight is 415 g/mol. The molecule has 2 saturated carbocycles. The van der Waals surface area contributed by atoms with Crippen molar-refractivity contribution in [2.24, 2.45) is 17.3 Å². The van der Waals surface area contributed by atoms with Gasteiger partial charge in [-0.3, -0.25) is 19.8 Å². The molecule has 0 spiro atoms. The van der Waals surface area contributed by atoms with Gasteiger partial charge in [-0.05, 0) is 37.5 Å². The third kappa shape index (κ3) is 5.65. The van der Waals surface area contributed by atoms with Gasteiger partial charge in [0.1, 0.15) is 11.5 Å². The van der Waals surface area contributed by atoms with Crippen LogP contribution >= 0.6 is 0 Å². The summed E-state index contributed by atoms with van der Waals surface area (Å²) in [5, 5.41) is 3.20. The van der Waals surface area contributed by atoms with Crippen molar-refractivity contribution in [2.45, 2.75) is 58.0 Å². The van der Waals surface area contributed by atoms with E-state index in [0.717, 1.165) is 25.7 Å². The maximum atomic E-state index is 12.6. The minimum Gasteiger partial charge on any atom is -0.351 e. The molecule has 1 aromatic heterocycles. The Hall–Kier alpha value is -2.23. The molecule has 29 heavy (non-hydrogen) atoms. The number of carbonyl (C=O) groups excluding carboxylic acids is 3. The molecular weight excluding hydrogens is 391 g/mol. The Morgan fingerprint density at radius 1 is 1.38 bits per heavy atom. The molecule has 1 aromatic rings. The van der Waals surface area contributed by atoms with Gasteiger partial charge in [0, 0.05) is 37.3 Å². The van der Waals surface area contributed by atoms with E-state index >= 15 is 0 Å². The lowest BCUT2D eigenvalue weighted by Gasteiger charge is -2.20. The monoisotopic (exact) mass is 415 g/mol. The average Bonchev–Trinajstić information content (AvgIpc) is 3.02. The third-order valence-corrected chi connectivity index (χ3v) is 5.71. The van der Waals surface area contributed by atoms with Gasteiger partial charge in [-0.15, -0.1) is 0 Å². The maximum Gasteiger partial charge on any atom is 0.452 e. The highest BCUT2D eigenvalue weighted by atomic mass is 19.4. The highest BCUT2D eigenvalue weighted by molar-refractivity contribution is 5.97. The zero-order valence-electron chi connectivity index (χ0n) is 16.1. The number of nitrogens with zero attached hydrogens (tertiary/aromatic N) is 1. The van der Waals surface area contributed by atoms with Gasteiger partial charge >= 0.3 is 6.18 Å². The van der Waals surface area contributed by atoms with Crippen LogP contribution in [0.2, 0.25) is 0 Å². The van der Waals surface area contributed by atoms with E-state index in [0.29, 0.717) is 25.5 Å². The van der Waals surface area contributed by atoms with Crippen molar-refractivity contribution >= 4 is 17.5 Å². The molecule has 2 aliphatic carbocycles. The third-order valence-electron chi connectivity index (χ3n) is 5.71. The Morgan fingerprint density at radius 2 is 2.10 bits per heavy atom. The Labute approximate surface area is 165 Å². The van der Waals surface area contributed by atoms with Gasteiger partial charge in [-0.2, -0.15) is 13.2 Å². The van der Waals surface area contributed by atoms with E-state index in [4.69, 9.17) is 0 Å². The Kier molecular flexibility index (Phi) is 6.11. The molecule has 10 heteroatoms. The molecule has 2 N–H and O–H groups in total. The van der Waals surface area contributed by atoms with Crippen LogP contribution in [-0.2, 0) is 15.8 Å². The summed E-state index contributed by atoms with van der Waals surface area (Å²) in [6, 6.07) is 0.556. The minimum atomic E-state index is -4.73. The lowest BCUT2D eigenvalue weighted by molar-refractivity contribution is -0.155. The predicted octanol–water partition coefficient (Wildman–Crippen LogP) is 3.06. The standard InChI is InChI=1S/C19H24F3N3O4/c1-18(5-6-18)9-12(17(28)24-23-10-11-3-2-4-14(11)26)7-15(27)13-8-16(29-25-13)19(20,21)22/h8,11-12,23H,2-7,9-10H2,1H3,(H,24,28)/t11-,12-/m0/s1. The molecule has 0 saturated heterocycles. The Bertz CT molecular complexity index is 786. The Balaban J connectivity index is 1.58. The summed E-state index contributed by atoms with van der Waals surface area (Å²) in [5.41, 5.74) is 4.82. The number of hydrogen-bond donors (Lipinski definition) is 2. The highest BCUT2D eigenvalue weighted by Crippen LogP contribution is 2.50. The van der Waals surface area contributed by atoms with Gasteiger partial charge in [0.15, 0.2) is 5.78 Å². The number of alkyl halides is 3. The summed E-state index contributed by atoms with van der Waals surface area (Å²) in [6.07, 6.45) is -0.539. The fourth-order valence-electron chi connectivity index (χ4n) is 3.61. The predicted molar refractivity (Wildman–Crippen MR) is 94.4 cm³/mol. The molecule has 0 bridgehead atoms. The largest absolute Gasteiger partial charge is 0.452 e. The molecule has 1 amide bonds. The summed E-state index contributed by atoms with van der Waals surface area (Å²) < 4.78 is 42.1. The number of hydrazine groups is 1. The lowest BCUT2D eigenvalue weighted by Crippen LogP contribution is -2.44. The van der Waals surface area contributed by atoms with E-state index in [2.05, 4.69) is 20.5 Å². The topological polar surface area (TPSA) is 101 Å². The second-order valence-electron chi connectivity index (χ2n) is 8.34. The molecule has 2 fully saturated rings.